The third-order valence-corrected chi connectivity index (χ3v) is 7.15. The van der Waals surface area contributed by atoms with Gasteiger partial charge in [-0.15, -0.1) is 0 Å². The molecule has 34 heavy (non-hydrogen) atoms. The van der Waals surface area contributed by atoms with Gasteiger partial charge in [-0.3, -0.25) is 4.79 Å². The van der Waals surface area contributed by atoms with Gasteiger partial charge in [0.05, 0.1) is 40.4 Å². The smallest absolute Gasteiger partial charge is 0.255 e. The van der Waals surface area contributed by atoms with E-state index in [2.05, 4.69) is 6.07 Å². The Kier molecular flexibility index (Phi) is 5.92. The van der Waals surface area contributed by atoms with Crippen molar-refractivity contribution in [3.8, 4) is 6.07 Å². The van der Waals surface area contributed by atoms with Crippen molar-refractivity contribution in [2.24, 2.45) is 5.92 Å². The number of rotatable bonds is 3. The van der Waals surface area contributed by atoms with Gasteiger partial charge in [0.25, 0.3) is 5.91 Å². The number of likely N-dealkylation sites (tertiary alicyclic amines) is 1. The van der Waals surface area contributed by atoms with Crippen molar-refractivity contribution in [1.82, 2.24) is 19.5 Å². The minimum Gasteiger partial charge on any atom is -0.390 e. The molecule has 9 heteroatoms. The number of benzene rings is 1. The van der Waals surface area contributed by atoms with Crippen LogP contribution in [0.4, 0.5) is 5.82 Å². The van der Waals surface area contributed by atoms with Gasteiger partial charge in [0.2, 0.25) is 0 Å². The van der Waals surface area contributed by atoms with Crippen molar-refractivity contribution < 1.29 is 9.90 Å². The molecule has 2 aliphatic heterocycles. The van der Waals surface area contributed by atoms with Gasteiger partial charge in [0.15, 0.2) is 5.65 Å². The molecule has 0 unspecified atom stereocenters. The highest BCUT2D eigenvalue weighted by atomic mass is 35.5. The second-order valence-electron chi connectivity index (χ2n) is 9.32. The Bertz CT molecular complexity index is 1300. The molecular weight excluding hydrogens is 452 g/mol. The number of piperidine rings is 1. The second kappa shape index (κ2) is 8.90. The molecule has 1 N–H and O–H groups in total. The normalized spacial score (nSPS) is 22.9. The lowest BCUT2D eigenvalue weighted by atomic mass is 9.98. The molecule has 0 spiro atoms. The summed E-state index contributed by atoms with van der Waals surface area (Å²) in [6.07, 6.45) is 4.02. The van der Waals surface area contributed by atoms with Gasteiger partial charge >= 0.3 is 0 Å². The monoisotopic (exact) mass is 478 g/mol. The fourth-order valence-corrected chi connectivity index (χ4v) is 5.34. The summed E-state index contributed by atoms with van der Waals surface area (Å²) in [5.74, 6) is 0.247. The van der Waals surface area contributed by atoms with Crippen molar-refractivity contribution >= 4 is 29.0 Å². The maximum atomic E-state index is 13.4. The quantitative estimate of drug-likeness (QED) is 0.616. The van der Waals surface area contributed by atoms with Crippen LogP contribution in [0.3, 0.4) is 0 Å². The van der Waals surface area contributed by atoms with E-state index in [0.29, 0.717) is 35.9 Å². The van der Waals surface area contributed by atoms with Crippen LogP contribution in [0.1, 0.15) is 52.5 Å². The highest BCUT2D eigenvalue weighted by molar-refractivity contribution is 6.33. The van der Waals surface area contributed by atoms with Crippen molar-refractivity contribution in [3.63, 3.8) is 0 Å². The van der Waals surface area contributed by atoms with E-state index in [9.17, 15) is 15.2 Å². The molecular formula is C25H27ClN6O2. The van der Waals surface area contributed by atoms with Crippen LogP contribution >= 0.6 is 11.6 Å². The third kappa shape index (κ3) is 3.99. The average molecular weight is 479 g/mol. The first-order chi connectivity index (χ1) is 16.4. The molecule has 0 saturated carbocycles. The molecule has 0 radical (unpaired) electrons. The summed E-state index contributed by atoms with van der Waals surface area (Å²) in [6.45, 7) is 5.38. The molecule has 2 saturated heterocycles. The number of halogens is 1. The Morgan fingerprint density at radius 2 is 2.06 bits per heavy atom. The van der Waals surface area contributed by atoms with E-state index in [0.717, 1.165) is 41.9 Å². The zero-order chi connectivity index (χ0) is 24.0. The number of fused-ring (bicyclic) bond motifs is 1. The van der Waals surface area contributed by atoms with Gasteiger partial charge < -0.3 is 14.9 Å². The predicted molar refractivity (Wildman–Crippen MR) is 129 cm³/mol. The standard InChI is InChI=1S/C25H27ClN6O2/c1-15-6-7-18(19(26)9-15)25(34)31-8-4-3-5-21(31)20-10-23-28-24(16(2)12-32(23)29-20)30-13-17(11-27)22(33)14-30/h6-7,9-10,12,17,21-22,33H,3-5,8,13-14H2,1-2H3/t17-,21+,22+/m1/s1. The van der Waals surface area contributed by atoms with E-state index in [1.54, 1.807) is 10.6 Å². The number of nitriles is 1. The number of aryl methyl sites for hydroxylation is 2. The molecule has 0 aliphatic carbocycles. The molecule has 2 aromatic heterocycles. The van der Waals surface area contributed by atoms with Crippen LogP contribution < -0.4 is 4.90 Å². The van der Waals surface area contributed by atoms with Crippen LogP contribution in [0.15, 0.2) is 30.5 Å². The Labute approximate surface area is 203 Å². The number of carbonyl (C=O) groups excluding carboxylic acids is 1. The van der Waals surface area contributed by atoms with Crippen molar-refractivity contribution in [3.05, 3.63) is 57.9 Å². The number of hydrogen-bond acceptors (Lipinski definition) is 6. The Morgan fingerprint density at radius 1 is 1.24 bits per heavy atom. The number of aromatic nitrogens is 3. The molecule has 3 aromatic rings. The first kappa shape index (κ1) is 22.6. The highest BCUT2D eigenvalue weighted by Crippen LogP contribution is 2.34. The minimum atomic E-state index is -0.682. The maximum absolute atomic E-state index is 13.4. The Hall–Kier alpha value is -3.15. The van der Waals surface area contributed by atoms with E-state index in [1.807, 2.05) is 48.0 Å². The van der Waals surface area contributed by atoms with Crippen LogP contribution in [0.5, 0.6) is 0 Å². The molecule has 2 fully saturated rings. The minimum absolute atomic E-state index is 0.0785. The van der Waals surface area contributed by atoms with E-state index in [1.165, 1.54) is 0 Å². The molecule has 2 aliphatic rings. The number of aliphatic hydroxyl groups is 1. The van der Waals surface area contributed by atoms with E-state index in [4.69, 9.17) is 21.7 Å². The van der Waals surface area contributed by atoms with Crippen molar-refractivity contribution in [2.75, 3.05) is 24.5 Å². The number of carbonyl (C=O) groups is 1. The SMILES string of the molecule is Cc1ccc(C(=O)N2CCCC[C@H]2c2cc3nc(N4C[C@@H](C#N)[C@@H](O)C4)c(C)cn3n2)c(Cl)c1. The number of anilines is 1. The zero-order valence-corrected chi connectivity index (χ0v) is 20.0. The zero-order valence-electron chi connectivity index (χ0n) is 19.3. The molecule has 4 heterocycles. The first-order valence-corrected chi connectivity index (χ1v) is 12.0. The van der Waals surface area contributed by atoms with E-state index in [-0.39, 0.29) is 11.9 Å². The van der Waals surface area contributed by atoms with Crippen LogP contribution in [0.2, 0.25) is 5.02 Å². The molecule has 0 bridgehead atoms. The Morgan fingerprint density at radius 3 is 2.79 bits per heavy atom. The van der Waals surface area contributed by atoms with Crippen molar-refractivity contribution in [2.45, 2.75) is 45.3 Å². The number of aliphatic hydroxyl groups excluding tert-OH is 1. The summed E-state index contributed by atoms with van der Waals surface area (Å²) < 4.78 is 1.75. The number of nitrogens with zero attached hydrogens (tertiary/aromatic N) is 6. The predicted octanol–water partition coefficient (Wildman–Crippen LogP) is 3.69. The average Bonchev–Trinajstić information content (AvgIpc) is 3.40. The summed E-state index contributed by atoms with van der Waals surface area (Å²) in [6, 6.07) is 9.47. The largest absolute Gasteiger partial charge is 0.390 e. The van der Waals surface area contributed by atoms with Gasteiger partial charge in [0.1, 0.15) is 5.82 Å². The van der Waals surface area contributed by atoms with Crippen LogP contribution in [0, 0.1) is 31.1 Å². The fraction of sp³-hybridized carbons (Fsp3) is 0.440. The Balaban J connectivity index is 1.46. The molecule has 8 nitrogen and oxygen atoms in total. The lowest BCUT2D eigenvalue weighted by Gasteiger charge is -2.35. The van der Waals surface area contributed by atoms with Gasteiger partial charge in [-0.05, 0) is 50.8 Å². The lowest BCUT2D eigenvalue weighted by molar-refractivity contribution is 0.0606. The molecule has 3 atom stereocenters. The third-order valence-electron chi connectivity index (χ3n) is 6.84. The second-order valence-corrected chi connectivity index (χ2v) is 9.73. The lowest BCUT2D eigenvalue weighted by Crippen LogP contribution is -2.38. The molecule has 1 amide bonds. The number of amides is 1. The summed E-state index contributed by atoms with van der Waals surface area (Å²) >= 11 is 6.41. The van der Waals surface area contributed by atoms with Gasteiger partial charge in [0, 0.05) is 37.5 Å². The van der Waals surface area contributed by atoms with E-state index < -0.39 is 12.0 Å². The fourth-order valence-electron chi connectivity index (χ4n) is 5.02. The number of hydrogen-bond donors (Lipinski definition) is 1. The maximum Gasteiger partial charge on any atom is 0.255 e. The van der Waals surface area contributed by atoms with Crippen LogP contribution in [-0.2, 0) is 0 Å². The summed E-state index contributed by atoms with van der Waals surface area (Å²) in [7, 11) is 0. The van der Waals surface area contributed by atoms with Gasteiger partial charge in [-0.2, -0.15) is 10.4 Å². The summed E-state index contributed by atoms with van der Waals surface area (Å²) in [5.41, 5.74) is 3.92. The van der Waals surface area contributed by atoms with Crippen molar-refractivity contribution in [1.29, 1.82) is 5.26 Å². The van der Waals surface area contributed by atoms with Gasteiger partial charge in [-0.25, -0.2) is 9.50 Å². The van der Waals surface area contributed by atoms with E-state index >= 15 is 0 Å². The molecule has 5 rings (SSSR count). The first-order valence-electron chi connectivity index (χ1n) is 11.6. The molecule has 1 aromatic carbocycles. The highest BCUT2D eigenvalue weighted by Gasteiger charge is 2.34. The topological polar surface area (TPSA) is 97.8 Å². The number of β-amino-alcohol motifs (C(OH)–C–C–N with tert-alkyl or cyclic N) is 1. The van der Waals surface area contributed by atoms with Crippen LogP contribution in [0.25, 0.3) is 5.65 Å². The van der Waals surface area contributed by atoms with Gasteiger partial charge in [-0.1, -0.05) is 17.7 Å². The van der Waals surface area contributed by atoms with Crippen LogP contribution in [-0.4, -0.2) is 56.2 Å². The summed E-state index contributed by atoms with van der Waals surface area (Å²) in [4.78, 5) is 22.1. The summed E-state index contributed by atoms with van der Waals surface area (Å²) in [5, 5.41) is 24.7. The molecule has 176 valence electrons.